The lowest BCUT2D eigenvalue weighted by Crippen LogP contribution is -2.32. The lowest BCUT2D eigenvalue weighted by atomic mass is 10.1. The Kier molecular flexibility index (Phi) is 6.65. The Morgan fingerprint density at radius 1 is 1.14 bits per heavy atom. The van der Waals surface area contributed by atoms with Gasteiger partial charge in [0.1, 0.15) is 18.3 Å². The molecule has 2 aliphatic heterocycles. The van der Waals surface area contributed by atoms with Gasteiger partial charge >= 0.3 is 23.5 Å². The van der Waals surface area contributed by atoms with E-state index in [0.717, 1.165) is 0 Å². The summed E-state index contributed by atoms with van der Waals surface area (Å²) in [4.78, 5) is 58.7. The van der Waals surface area contributed by atoms with Crippen molar-refractivity contribution < 1.29 is 60.6 Å². The van der Waals surface area contributed by atoms with Gasteiger partial charge < -0.3 is 39.5 Å². The van der Waals surface area contributed by atoms with Gasteiger partial charge in [-0.15, -0.1) is 0 Å². The number of nitrogens with zero attached hydrogens (tertiary/aromatic N) is 3. The molecule has 2 aromatic heterocycles. The lowest BCUT2D eigenvalue weighted by Gasteiger charge is -2.25. The van der Waals surface area contributed by atoms with Crippen LogP contribution in [-0.4, -0.2) is 69.8 Å². The smallest absolute Gasteiger partial charge is 0.369 e. The summed E-state index contributed by atoms with van der Waals surface area (Å²) in [7, 11) is -16.6. The first-order valence-corrected chi connectivity index (χ1v) is 14.0. The second-order valence-electron chi connectivity index (χ2n) is 7.79. The van der Waals surface area contributed by atoms with Gasteiger partial charge in [-0.25, -0.2) is 18.7 Å². The van der Waals surface area contributed by atoms with Crippen LogP contribution in [0.2, 0.25) is 0 Å². The van der Waals surface area contributed by atoms with Crippen LogP contribution in [0.3, 0.4) is 0 Å². The topological polar surface area (TPSA) is 277 Å². The lowest BCUT2D eigenvalue weighted by molar-refractivity contribution is -0.199. The van der Waals surface area contributed by atoms with Crippen LogP contribution in [0.25, 0.3) is 11.2 Å². The van der Waals surface area contributed by atoms with Crippen molar-refractivity contribution in [2.24, 2.45) is 0 Å². The summed E-state index contributed by atoms with van der Waals surface area (Å²) in [6.07, 6.45) is -2.71. The van der Waals surface area contributed by atoms with Crippen LogP contribution < -0.4 is 11.3 Å². The maximum absolute atomic E-state index is 12.1. The Labute approximate surface area is 194 Å². The van der Waals surface area contributed by atoms with Gasteiger partial charge in [-0.1, -0.05) is 0 Å². The number of rotatable bonds is 8. The number of phosphoric ester groups is 1. The molecule has 0 saturated carbocycles. The molecule has 196 valence electrons. The largest absolute Gasteiger partial charge is 0.490 e. The third kappa shape index (κ3) is 5.89. The molecule has 0 aromatic carbocycles. The van der Waals surface area contributed by atoms with Crippen molar-refractivity contribution in [2.75, 3.05) is 12.3 Å². The first-order chi connectivity index (χ1) is 16.0. The fourth-order valence-electron chi connectivity index (χ4n) is 3.62. The predicted octanol–water partition coefficient (Wildman–Crippen LogP) is -0.537. The van der Waals surface area contributed by atoms with Gasteiger partial charge in [0, 0.05) is 0 Å². The molecule has 6 atom stereocenters. The van der Waals surface area contributed by atoms with Crippen LogP contribution in [0.1, 0.15) is 20.1 Å². The number of aromatic nitrogens is 4. The fraction of sp³-hybridized carbons (Fsp3) is 0.615. The monoisotopic (exact) mass is 563 g/mol. The molecule has 2 aromatic rings. The first-order valence-electron chi connectivity index (χ1n) is 9.47. The number of anilines is 1. The number of nitrogen functional groups attached to an aromatic ring is 1. The Hall–Kier alpha value is -1.56. The number of nitrogens with one attached hydrogen (secondary N) is 1. The van der Waals surface area contributed by atoms with E-state index in [0.29, 0.717) is 0 Å². The minimum atomic E-state index is -5.69. The summed E-state index contributed by atoms with van der Waals surface area (Å²) in [5, 5.41) is 0. The second-order valence-corrected chi connectivity index (χ2v) is 12.2. The number of imidazole rings is 1. The summed E-state index contributed by atoms with van der Waals surface area (Å²) >= 11 is 0. The third-order valence-electron chi connectivity index (χ3n) is 4.67. The van der Waals surface area contributed by atoms with E-state index in [2.05, 4.69) is 28.1 Å². The maximum atomic E-state index is 12.1. The van der Waals surface area contributed by atoms with E-state index in [-0.39, 0.29) is 17.1 Å². The summed E-state index contributed by atoms with van der Waals surface area (Å²) in [6.45, 7) is 2.41. The number of nitrogens with two attached hydrogens (primary N) is 1. The zero-order valence-corrected chi connectivity index (χ0v) is 20.4. The van der Waals surface area contributed by atoms with E-state index in [4.69, 9.17) is 29.7 Å². The Morgan fingerprint density at radius 2 is 1.80 bits per heavy atom. The van der Waals surface area contributed by atoms with Gasteiger partial charge in [0.25, 0.3) is 5.56 Å². The van der Waals surface area contributed by atoms with E-state index in [1.165, 1.54) is 10.9 Å². The van der Waals surface area contributed by atoms with Crippen LogP contribution in [0, 0.1) is 0 Å². The van der Waals surface area contributed by atoms with Gasteiger partial charge in [0.05, 0.1) is 12.9 Å². The number of ether oxygens (including phenoxy) is 3. The molecular weight excluding hydrogens is 543 g/mol. The van der Waals surface area contributed by atoms with Gasteiger partial charge in [-0.3, -0.25) is 18.9 Å². The van der Waals surface area contributed by atoms with Gasteiger partial charge in [-0.05, 0) is 13.8 Å². The van der Waals surface area contributed by atoms with Crippen molar-refractivity contribution in [1.82, 2.24) is 19.5 Å². The summed E-state index contributed by atoms with van der Waals surface area (Å²) < 4.78 is 65.2. The molecule has 0 radical (unpaired) electrons. The molecule has 2 saturated heterocycles. The normalized spacial score (nSPS) is 29.7. The Balaban J connectivity index is 1.55. The van der Waals surface area contributed by atoms with Gasteiger partial charge in [-0.2, -0.15) is 13.6 Å². The molecule has 7 N–H and O–H groups in total. The van der Waals surface area contributed by atoms with Gasteiger partial charge in [0.2, 0.25) is 5.95 Å². The zero-order valence-electron chi connectivity index (χ0n) is 17.7. The van der Waals surface area contributed by atoms with E-state index in [1.54, 1.807) is 13.8 Å². The van der Waals surface area contributed by atoms with Crippen molar-refractivity contribution >= 4 is 40.6 Å². The first kappa shape index (κ1) is 26.5. The quantitative estimate of drug-likeness (QED) is 0.220. The van der Waals surface area contributed by atoms with Crippen LogP contribution in [-0.2, 0) is 41.1 Å². The molecule has 0 bridgehead atoms. The minimum Gasteiger partial charge on any atom is -0.369 e. The number of phosphoric acid groups is 3. The number of hydrogen-bond donors (Lipinski definition) is 6. The molecule has 22 heteroatoms. The number of fused-ring (bicyclic) bond motifs is 2. The van der Waals surface area contributed by atoms with Crippen LogP contribution in [0.15, 0.2) is 11.1 Å². The number of H-pyrrole nitrogens is 1. The zero-order chi connectivity index (χ0) is 26.0. The Bertz CT molecular complexity index is 1340. The molecular formula is C13H20N5O14P3. The standard InChI is InChI=1S/C13H20N5O14P3/c1-13(2)29-7-5(3-27-34(23,24)32-35(25,26)31-33(20,21)22)28-11(8(7)30-13)18-4-15-6-9(18)16-12(14)17-10(6)19/h4-5,7-8,11H,3H2,1-2H3,(H,23,24)(H,25,26)(H2,20,21,22)(H3,14,16,17,19)/t5-,7?,8?,11-/m1/s1. The van der Waals surface area contributed by atoms with E-state index in [9.17, 15) is 28.3 Å². The number of hydrogen-bond acceptors (Lipinski definition) is 13. The third-order valence-corrected chi connectivity index (χ3v) is 8.47. The fourth-order valence-corrected chi connectivity index (χ4v) is 6.65. The summed E-state index contributed by atoms with van der Waals surface area (Å²) in [5.41, 5.74) is 5.02. The molecule has 4 rings (SSSR count). The SMILES string of the molecule is CC1(C)OC2C(O1)[C@@H](COP(=O)(O)OP(=O)(O)OP(=O)(O)O)O[C@H]2n1cnc2c(=O)[nH]c(N)nc21. The average Bonchev–Trinajstić information content (AvgIpc) is 3.28. The van der Waals surface area contributed by atoms with Crippen LogP contribution in [0.5, 0.6) is 0 Å². The molecule has 0 amide bonds. The molecule has 35 heavy (non-hydrogen) atoms. The summed E-state index contributed by atoms with van der Waals surface area (Å²) in [6, 6.07) is 0. The molecule has 4 heterocycles. The van der Waals surface area contributed by atoms with E-state index in [1.807, 2.05) is 0 Å². The highest BCUT2D eigenvalue weighted by Crippen LogP contribution is 2.66. The number of aromatic amines is 1. The molecule has 19 nitrogen and oxygen atoms in total. The second kappa shape index (κ2) is 8.78. The molecule has 2 aliphatic rings. The van der Waals surface area contributed by atoms with Crippen molar-refractivity contribution in [3.63, 3.8) is 0 Å². The van der Waals surface area contributed by atoms with Crippen LogP contribution in [0.4, 0.5) is 5.95 Å². The van der Waals surface area contributed by atoms with Crippen molar-refractivity contribution in [3.05, 3.63) is 16.7 Å². The maximum Gasteiger partial charge on any atom is 0.490 e. The summed E-state index contributed by atoms with van der Waals surface area (Å²) in [5.74, 6) is -1.32. The minimum absolute atomic E-state index is 0.0470. The predicted molar refractivity (Wildman–Crippen MR) is 110 cm³/mol. The highest BCUT2D eigenvalue weighted by molar-refractivity contribution is 7.66. The Morgan fingerprint density at radius 3 is 2.46 bits per heavy atom. The highest BCUT2D eigenvalue weighted by Gasteiger charge is 2.57. The van der Waals surface area contributed by atoms with Crippen molar-refractivity contribution in [3.8, 4) is 0 Å². The van der Waals surface area contributed by atoms with Gasteiger partial charge in [0.15, 0.2) is 23.2 Å². The van der Waals surface area contributed by atoms with Crippen molar-refractivity contribution in [2.45, 2.75) is 44.2 Å². The molecule has 0 aliphatic carbocycles. The average molecular weight is 563 g/mol. The van der Waals surface area contributed by atoms with E-state index < -0.39 is 66.0 Å². The highest BCUT2D eigenvalue weighted by atomic mass is 31.3. The molecule has 0 spiro atoms. The molecule has 2 fully saturated rings. The molecule has 4 unspecified atom stereocenters. The van der Waals surface area contributed by atoms with E-state index >= 15 is 0 Å². The van der Waals surface area contributed by atoms with Crippen LogP contribution >= 0.6 is 23.5 Å². The van der Waals surface area contributed by atoms with Crippen molar-refractivity contribution in [1.29, 1.82) is 0 Å².